The second-order valence-electron chi connectivity index (χ2n) is 7.00. The van der Waals surface area contributed by atoms with Crippen molar-refractivity contribution < 1.29 is 32.6 Å². The normalized spacial score (nSPS) is 14.5. The van der Waals surface area contributed by atoms with Gasteiger partial charge in [-0.25, -0.2) is 13.1 Å². The summed E-state index contributed by atoms with van der Waals surface area (Å²) in [4.78, 5) is 39.8. The molecule has 10 nitrogen and oxygen atoms in total. The number of pyridine rings is 1. The monoisotopic (exact) mass is 447 g/mol. The number of ether oxygens (including phenoxy) is 1. The van der Waals surface area contributed by atoms with Crippen LogP contribution in [0.4, 0.5) is 0 Å². The van der Waals surface area contributed by atoms with Crippen LogP contribution >= 0.6 is 0 Å². The van der Waals surface area contributed by atoms with Crippen molar-refractivity contribution in [1.82, 2.24) is 15.0 Å². The Hall–Kier alpha value is -3.31. The molecule has 2 aromatic rings. The number of hydrogen-bond acceptors (Lipinski definition) is 7. The average molecular weight is 447 g/mol. The highest BCUT2D eigenvalue weighted by atomic mass is 32.2. The van der Waals surface area contributed by atoms with Crippen LogP contribution in [0, 0.1) is 0 Å². The molecule has 0 radical (unpaired) electrons. The number of aromatic nitrogens is 1. The van der Waals surface area contributed by atoms with E-state index >= 15 is 0 Å². The fourth-order valence-corrected chi connectivity index (χ4v) is 3.90. The van der Waals surface area contributed by atoms with Gasteiger partial charge < -0.3 is 15.2 Å². The zero-order valence-corrected chi connectivity index (χ0v) is 17.2. The zero-order chi connectivity index (χ0) is 22.4. The van der Waals surface area contributed by atoms with E-state index in [-0.39, 0.29) is 16.5 Å². The molecule has 1 aliphatic carbocycles. The van der Waals surface area contributed by atoms with Gasteiger partial charge in [-0.3, -0.25) is 19.4 Å². The summed E-state index contributed by atoms with van der Waals surface area (Å²) in [7, 11) is -3.83. The fourth-order valence-electron chi connectivity index (χ4n) is 2.61. The lowest BCUT2D eigenvalue weighted by Crippen LogP contribution is -2.44. The van der Waals surface area contributed by atoms with E-state index in [1.54, 1.807) is 30.3 Å². The van der Waals surface area contributed by atoms with Crippen molar-refractivity contribution in [3.8, 4) is 5.75 Å². The number of hydrogen-bond donors (Lipinski definition) is 3. The third-order valence-corrected chi connectivity index (χ3v) is 5.87. The summed E-state index contributed by atoms with van der Waals surface area (Å²) in [6.07, 6.45) is 3.08. The number of amides is 1. The van der Waals surface area contributed by atoms with Gasteiger partial charge in [-0.15, -0.1) is 0 Å². The first kappa shape index (κ1) is 22.4. The van der Waals surface area contributed by atoms with Crippen LogP contribution in [0.1, 0.15) is 29.6 Å². The number of nitrogens with one attached hydrogen (secondary N) is 2. The van der Waals surface area contributed by atoms with Gasteiger partial charge in [0.05, 0.1) is 12.0 Å². The largest absolute Gasteiger partial charge is 0.486 e. The predicted octanol–water partition coefficient (Wildman–Crippen LogP) is 0.744. The summed E-state index contributed by atoms with van der Waals surface area (Å²) >= 11 is 0. The van der Waals surface area contributed by atoms with Crippen molar-refractivity contribution in [1.29, 1.82) is 0 Å². The van der Waals surface area contributed by atoms with E-state index in [1.165, 1.54) is 0 Å². The molecule has 3 rings (SSSR count). The number of para-hydroxylation sites is 1. The molecule has 0 saturated heterocycles. The Morgan fingerprint density at radius 2 is 1.87 bits per heavy atom. The van der Waals surface area contributed by atoms with E-state index in [0.717, 1.165) is 31.3 Å². The highest BCUT2D eigenvalue weighted by Gasteiger charge is 2.29. The lowest BCUT2D eigenvalue weighted by atomic mass is 10.1. The number of sulfonamides is 1. The summed E-state index contributed by atoms with van der Waals surface area (Å²) in [5, 5.41) is 11.4. The lowest BCUT2D eigenvalue weighted by molar-refractivity contribution is -0.139. The molecule has 0 bridgehead atoms. The fraction of sp³-hybridized carbons (Fsp3) is 0.300. The molecule has 1 aliphatic rings. The minimum Gasteiger partial charge on any atom is -0.486 e. The first-order valence-corrected chi connectivity index (χ1v) is 10.9. The minimum absolute atomic E-state index is 0.120. The van der Waals surface area contributed by atoms with Crippen LogP contribution in [-0.4, -0.2) is 54.9 Å². The highest BCUT2D eigenvalue weighted by Crippen LogP contribution is 2.22. The molecule has 1 amide bonds. The molecule has 1 heterocycles. The second kappa shape index (κ2) is 9.67. The molecule has 0 unspecified atom stereocenters. The minimum atomic E-state index is -3.83. The average Bonchev–Trinajstić information content (AvgIpc) is 3.55. The summed E-state index contributed by atoms with van der Waals surface area (Å²) in [5.41, 5.74) is -0.120. The maximum absolute atomic E-state index is 12.6. The van der Waals surface area contributed by atoms with Crippen molar-refractivity contribution in [3.05, 3.63) is 54.4 Å². The van der Waals surface area contributed by atoms with Gasteiger partial charge in [0.1, 0.15) is 23.3 Å². The van der Waals surface area contributed by atoms with E-state index in [4.69, 9.17) is 9.84 Å². The lowest BCUT2D eigenvalue weighted by Gasteiger charge is -2.16. The van der Waals surface area contributed by atoms with Gasteiger partial charge >= 0.3 is 5.97 Å². The number of rotatable bonds is 11. The van der Waals surface area contributed by atoms with Crippen LogP contribution in [0.15, 0.2) is 53.7 Å². The van der Waals surface area contributed by atoms with E-state index in [9.17, 15) is 22.8 Å². The number of carboxylic acid groups (broad SMARTS) is 1. The number of Topliss-reactive ketones (excluding diaryl/α,β-unsaturated/α-hetero) is 1. The van der Waals surface area contributed by atoms with Gasteiger partial charge in [0.25, 0.3) is 5.91 Å². The predicted molar refractivity (Wildman–Crippen MR) is 108 cm³/mol. The number of nitrogens with zero attached hydrogens (tertiary/aromatic N) is 1. The van der Waals surface area contributed by atoms with Crippen LogP contribution in [0.2, 0.25) is 0 Å². The molecule has 0 aliphatic heterocycles. The molecule has 11 heteroatoms. The number of ketones is 1. The summed E-state index contributed by atoms with van der Waals surface area (Å²) in [5.74, 6) is -2.34. The number of aliphatic carboxylic acids is 1. The standard InChI is InChI=1S/C20H21N3O7S/c24-18(12-30-15-4-2-1-3-5-15)17(9-19(25)26)22-20(27)13-8-16(11-21-10-13)31(28,29)23-14-6-7-14/h1-5,8,10-11,14,17,23H,6-7,9,12H2,(H,22,27)(H,25,26)/t17-/m0/s1. The highest BCUT2D eigenvalue weighted by molar-refractivity contribution is 7.89. The second-order valence-corrected chi connectivity index (χ2v) is 8.71. The van der Waals surface area contributed by atoms with Crippen LogP contribution < -0.4 is 14.8 Å². The van der Waals surface area contributed by atoms with Gasteiger partial charge in [-0.05, 0) is 31.0 Å². The van der Waals surface area contributed by atoms with Crippen molar-refractivity contribution in [3.63, 3.8) is 0 Å². The third-order valence-electron chi connectivity index (χ3n) is 4.38. The Balaban J connectivity index is 1.69. The number of carbonyl (C=O) groups is 3. The molecule has 1 atom stereocenters. The van der Waals surface area contributed by atoms with Crippen LogP contribution in [0.25, 0.3) is 0 Å². The first-order chi connectivity index (χ1) is 14.7. The number of carbonyl (C=O) groups excluding carboxylic acids is 2. The van der Waals surface area contributed by atoms with Gasteiger partial charge in [0.15, 0.2) is 5.78 Å². The van der Waals surface area contributed by atoms with Crippen LogP contribution in [0.5, 0.6) is 5.75 Å². The third kappa shape index (κ3) is 6.59. The molecule has 0 spiro atoms. The molecular formula is C20H21N3O7S. The Labute approximate surface area is 178 Å². The number of benzene rings is 1. The topological polar surface area (TPSA) is 152 Å². The molecule has 1 fully saturated rings. The smallest absolute Gasteiger partial charge is 0.305 e. The Kier molecular flexibility index (Phi) is 6.98. The van der Waals surface area contributed by atoms with Gasteiger partial charge in [-0.1, -0.05) is 18.2 Å². The van der Waals surface area contributed by atoms with E-state index in [1.807, 2.05) is 0 Å². The Bertz CT molecular complexity index is 1070. The van der Waals surface area contributed by atoms with E-state index < -0.39 is 46.8 Å². The molecule has 1 saturated carbocycles. The molecule has 1 aromatic heterocycles. The molecule has 31 heavy (non-hydrogen) atoms. The van der Waals surface area contributed by atoms with Gasteiger partial charge in [0, 0.05) is 18.4 Å². The summed E-state index contributed by atoms with van der Waals surface area (Å²) < 4.78 is 32.5. The molecule has 164 valence electrons. The maximum Gasteiger partial charge on any atom is 0.305 e. The van der Waals surface area contributed by atoms with E-state index in [2.05, 4.69) is 15.0 Å². The van der Waals surface area contributed by atoms with Gasteiger partial charge in [-0.2, -0.15) is 0 Å². The van der Waals surface area contributed by atoms with Crippen LogP contribution in [-0.2, 0) is 19.6 Å². The number of carboxylic acids is 1. The van der Waals surface area contributed by atoms with Crippen molar-refractivity contribution in [2.24, 2.45) is 0 Å². The zero-order valence-electron chi connectivity index (χ0n) is 16.4. The summed E-state index contributed by atoms with van der Waals surface area (Å²) in [6.45, 7) is -0.444. The molecule has 1 aromatic carbocycles. The van der Waals surface area contributed by atoms with Crippen molar-refractivity contribution >= 4 is 27.7 Å². The van der Waals surface area contributed by atoms with Crippen LogP contribution in [0.3, 0.4) is 0 Å². The SMILES string of the molecule is O=C(O)C[C@H](NC(=O)c1cncc(S(=O)(=O)NC2CC2)c1)C(=O)COc1ccccc1. The molecule has 3 N–H and O–H groups in total. The Morgan fingerprint density at radius 1 is 1.16 bits per heavy atom. The van der Waals surface area contributed by atoms with Crippen molar-refractivity contribution in [2.75, 3.05) is 6.61 Å². The quantitative estimate of drug-likeness (QED) is 0.456. The van der Waals surface area contributed by atoms with Crippen molar-refractivity contribution in [2.45, 2.75) is 36.2 Å². The molecular weight excluding hydrogens is 426 g/mol. The van der Waals surface area contributed by atoms with Gasteiger partial charge in [0.2, 0.25) is 10.0 Å². The first-order valence-electron chi connectivity index (χ1n) is 9.45. The Morgan fingerprint density at radius 3 is 2.52 bits per heavy atom. The van der Waals surface area contributed by atoms with E-state index in [0.29, 0.717) is 5.75 Å². The maximum atomic E-state index is 12.6. The summed E-state index contributed by atoms with van der Waals surface area (Å²) in [6, 6.07) is 8.09.